The number of aliphatic imine (C=N–C) groups is 2. The summed E-state index contributed by atoms with van der Waals surface area (Å²) in [5.74, 6) is 0.898. The molecular weight excluding hydrogens is 849 g/mol. The molecule has 3 aromatic heterocycles. The number of thiophene rings is 1. The minimum absolute atomic E-state index is 0.195. The van der Waals surface area contributed by atoms with Crippen molar-refractivity contribution in [2.24, 2.45) is 15.7 Å². The van der Waals surface area contributed by atoms with Gasteiger partial charge >= 0.3 is 0 Å². The van der Waals surface area contributed by atoms with Gasteiger partial charge in [0.15, 0.2) is 5.84 Å². The molecule has 0 spiro atoms. The van der Waals surface area contributed by atoms with Crippen molar-refractivity contribution < 1.29 is 4.42 Å². The van der Waals surface area contributed by atoms with Crippen LogP contribution in [0.1, 0.15) is 29.7 Å². The van der Waals surface area contributed by atoms with E-state index in [-0.39, 0.29) is 6.04 Å². The highest BCUT2D eigenvalue weighted by Gasteiger charge is 2.22. The van der Waals surface area contributed by atoms with Crippen molar-refractivity contribution in [3.05, 3.63) is 235 Å². The molecule has 10 aromatic carbocycles. The van der Waals surface area contributed by atoms with Crippen LogP contribution < -0.4 is 5.73 Å². The molecule has 2 N–H and O–H groups in total. The second-order valence-corrected chi connectivity index (χ2v) is 18.5. The lowest BCUT2D eigenvalue weighted by molar-refractivity contribution is 0.669. The van der Waals surface area contributed by atoms with Crippen LogP contribution in [0.15, 0.2) is 233 Å². The van der Waals surface area contributed by atoms with Crippen LogP contribution in [-0.2, 0) is 0 Å². The summed E-state index contributed by atoms with van der Waals surface area (Å²) in [5, 5.41) is 9.46. The van der Waals surface area contributed by atoms with Gasteiger partial charge < -0.3 is 14.7 Å². The van der Waals surface area contributed by atoms with Crippen LogP contribution in [-0.4, -0.2) is 16.2 Å². The number of nitrogens with zero attached hydrogens (tertiary/aromatic N) is 3. The Labute approximate surface area is 396 Å². The van der Waals surface area contributed by atoms with Crippen molar-refractivity contribution in [3.8, 4) is 27.9 Å². The minimum atomic E-state index is -0.195. The number of furan rings is 1. The fourth-order valence-electron chi connectivity index (χ4n) is 10.2. The molecule has 0 bridgehead atoms. The van der Waals surface area contributed by atoms with Crippen LogP contribution in [0.5, 0.6) is 0 Å². The number of hydrogen-bond acceptors (Lipinski definition) is 3. The van der Waals surface area contributed by atoms with Crippen molar-refractivity contribution in [1.82, 2.24) is 4.57 Å². The Bertz CT molecular complexity index is 4180. The van der Waals surface area contributed by atoms with Gasteiger partial charge in [0.2, 0.25) is 0 Å². The third-order valence-corrected chi connectivity index (χ3v) is 14.7. The van der Waals surface area contributed by atoms with E-state index in [4.69, 9.17) is 20.1 Å². The molecule has 13 rings (SSSR count). The zero-order valence-electron chi connectivity index (χ0n) is 37.1. The molecule has 3 heterocycles. The topological polar surface area (TPSA) is 68.8 Å². The van der Waals surface area contributed by atoms with Crippen LogP contribution in [0, 0.1) is 0 Å². The molecule has 0 amide bonds. The van der Waals surface area contributed by atoms with Gasteiger partial charge in [0.05, 0.1) is 17.1 Å². The molecule has 0 aliphatic rings. The smallest absolute Gasteiger partial charge is 0.157 e. The first-order valence-corrected chi connectivity index (χ1v) is 23.8. The van der Waals surface area contributed by atoms with E-state index in [1.807, 2.05) is 59.9 Å². The summed E-state index contributed by atoms with van der Waals surface area (Å²) < 4.78 is 11.3. The van der Waals surface area contributed by atoms with Gasteiger partial charge in [-0.05, 0) is 70.8 Å². The number of amidine groups is 2. The first-order chi connectivity index (χ1) is 33.6. The maximum atomic E-state index is 6.99. The van der Waals surface area contributed by atoms with Gasteiger partial charge in [-0.15, -0.1) is 11.3 Å². The SMILES string of the molecule is CC(N=C(N=C(N)c1ccc2c(c1)oc1ccccc12)c1cccc(-n2c3ccc4ccccc4c3c3cccc(-c4cccc5c4sc4c(-c6ccccc6)cccc45)c32)c1)c1ccccc1. The highest BCUT2D eigenvalue weighted by atomic mass is 32.1. The number of hydrogen-bond donors (Lipinski definition) is 1. The van der Waals surface area contributed by atoms with Crippen molar-refractivity contribution in [2.75, 3.05) is 0 Å². The third kappa shape index (κ3) is 6.52. The van der Waals surface area contributed by atoms with Crippen LogP contribution in [0.25, 0.3) is 103 Å². The molecule has 0 fully saturated rings. The maximum absolute atomic E-state index is 6.99. The van der Waals surface area contributed by atoms with Gasteiger partial charge in [-0.25, -0.2) is 4.99 Å². The monoisotopic (exact) mass is 890 g/mol. The van der Waals surface area contributed by atoms with Crippen LogP contribution in [0.3, 0.4) is 0 Å². The van der Waals surface area contributed by atoms with Crippen LogP contribution in [0.4, 0.5) is 0 Å². The van der Waals surface area contributed by atoms with E-state index in [0.29, 0.717) is 11.7 Å². The minimum Gasteiger partial charge on any atom is -0.456 e. The van der Waals surface area contributed by atoms with Gasteiger partial charge in [0, 0.05) is 69.7 Å². The molecule has 0 saturated heterocycles. The molecule has 1 atom stereocenters. The summed E-state index contributed by atoms with van der Waals surface area (Å²) >= 11 is 1.88. The average Bonchev–Trinajstić information content (AvgIpc) is 4.09. The molecule has 13 aromatic rings. The Morgan fingerprint density at radius 1 is 0.515 bits per heavy atom. The first-order valence-electron chi connectivity index (χ1n) is 23.0. The molecule has 5 nitrogen and oxygen atoms in total. The quantitative estimate of drug-likeness (QED) is 0.128. The van der Waals surface area contributed by atoms with E-state index < -0.39 is 0 Å². The molecule has 68 heavy (non-hydrogen) atoms. The van der Waals surface area contributed by atoms with E-state index in [2.05, 4.69) is 181 Å². The van der Waals surface area contributed by atoms with Crippen molar-refractivity contribution >= 4 is 97.7 Å². The van der Waals surface area contributed by atoms with E-state index in [9.17, 15) is 0 Å². The molecule has 0 saturated carbocycles. The zero-order chi connectivity index (χ0) is 45.3. The standard InChI is InChI=1S/C62H42N4OS/c1-38(39-16-4-2-5-17-39)64-62(65-61(63)42-32-34-48-47-24-10-11-31-55(47)67-56(48)37-42)43-21-12-22-44(36-43)66-54-35-33-41-20-8-9-23-45(41)57(54)53-30-14-26-49(58(53)66)50-27-15-29-52-51-28-13-25-46(59(51)68-60(50)52)40-18-6-3-7-19-40/h2-38H,1H3,(H2,63,64,65). The average molecular weight is 891 g/mol. The largest absolute Gasteiger partial charge is 0.456 e. The molecule has 1 unspecified atom stereocenters. The van der Waals surface area contributed by atoms with Gasteiger partial charge in [0.25, 0.3) is 0 Å². The van der Waals surface area contributed by atoms with Crippen LogP contribution in [0.2, 0.25) is 0 Å². The number of para-hydroxylation sites is 2. The van der Waals surface area contributed by atoms with E-state index in [1.54, 1.807) is 0 Å². The molecular formula is C62H42N4OS. The molecule has 0 aliphatic carbocycles. The predicted octanol–water partition coefficient (Wildman–Crippen LogP) is 16.5. The molecule has 322 valence electrons. The molecule has 0 radical (unpaired) electrons. The highest BCUT2D eigenvalue weighted by Crippen LogP contribution is 2.47. The summed E-state index contributed by atoms with van der Waals surface area (Å²) in [7, 11) is 0. The Balaban J connectivity index is 1.03. The second kappa shape index (κ2) is 16.1. The maximum Gasteiger partial charge on any atom is 0.157 e. The highest BCUT2D eigenvalue weighted by molar-refractivity contribution is 7.26. The van der Waals surface area contributed by atoms with Gasteiger partial charge in [-0.2, -0.15) is 0 Å². The summed E-state index contributed by atoms with van der Waals surface area (Å²) in [6.07, 6.45) is 0. The second-order valence-electron chi connectivity index (χ2n) is 17.4. The Kier molecular flexibility index (Phi) is 9.41. The van der Waals surface area contributed by atoms with E-state index in [1.165, 1.54) is 64.0 Å². The van der Waals surface area contributed by atoms with Crippen LogP contribution >= 0.6 is 11.3 Å². The fraction of sp³-hybridized carbons (Fsp3) is 0.0323. The summed E-state index contributed by atoms with van der Waals surface area (Å²) in [4.78, 5) is 10.5. The summed E-state index contributed by atoms with van der Waals surface area (Å²) in [6, 6.07) is 77.1. The van der Waals surface area contributed by atoms with Gasteiger partial charge in [0.1, 0.15) is 17.0 Å². The van der Waals surface area contributed by atoms with Gasteiger partial charge in [-0.1, -0.05) is 182 Å². The van der Waals surface area contributed by atoms with E-state index >= 15 is 0 Å². The molecule has 0 aliphatic heterocycles. The Hall–Kier alpha value is -8.58. The normalized spacial score (nSPS) is 13.0. The van der Waals surface area contributed by atoms with Crippen molar-refractivity contribution in [1.29, 1.82) is 0 Å². The first kappa shape index (κ1) is 39.8. The third-order valence-electron chi connectivity index (χ3n) is 13.4. The molecule has 6 heteroatoms. The summed E-state index contributed by atoms with van der Waals surface area (Å²) in [5.41, 5.74) is 19.4. The lowest BCUT2D eigenvalue weighted by Gasteiger charge is -2.15. The number of aromatic nitrogens is 1. The Morgan fingerprint density at radius 3 is 1.99 bits per heavy atom. The number of rotatable bonds is 7. The van der Waals surface area contributed by atoms with Gasteiger partial charge in [-0.3, -0.25) is 4.99 Å². The van der Waals surface area contributed by atoms with E-state index in [0.717, 1.165) is 55.3 Å². The lowest BCUT2D eigenvalue weighted by atomic mass is 9.98. The zero-order valence-corrected chi connectivity index (χ0v) is 37.9. The fourth-order valence-corrected chi connectivity index (χ4v) is 11.6. The summed E-state index contributed by atoms with van der Waals surface area (Å²) in [6.45, 7) is 2.10. The van der Waals surface area contributed by atoms with Crippen molar-refractivity contribution in [2.45, 2.75) is 13.0 Å². The Morgan fingerprint density at radius 2 is 1.16 bits per heavy atom. The number of fused-ring (bicyclic) bond motifs is 11. The lowest BCUT2D eigenvalue weighted by Crippen LogP contribution is -2.17. The number of benzene rings is 10. The van der Waals surface area contributed by atoms with Crippen molar-refractivity contribution in [3.63, 3.8) is 0 Å². The predicted molar refractivity (Wildman–Crippen MR) is 288 cm³/mol. The number of nitrogens with two attached hydrogens (primary N) is 1.